The summed E-state index contributed by atoms with van der Waals surface area (Å²) in [6.07, 6.45) is -0.756. The zero-order valence-electron chi connectivity index (χ0n) is 14.1. The summed E-state index contributed by atoms with van der Waals surface area (Å²) in [7, 11) is 0. The normalized spacial score (nSPS) is 24.3. The van der Waals surface area contributed by atoms with Gasteiger partial charge in [-0.15, -0.1) is 0 Å². The number of carbonyl (C=O) groups is 2. The fourth-order valence-corrected chi connectivity index (χ4v) is 3.62. The molecule has 3 atom stereocenters. The topological polar surface area (TPSA) is 76.1 Å². The molecule has 134 valence electrons. The molecule has 2 aliphatic heterocycles. The first-order chi connectivity index (χ1) is 12.6. The fourth-order valence-electron chi connectivity index (χ4n) is 3.62. The van der Waals surface area contributed by atoms with Gasteiger partial charge >= 0.3 is 5.97 Å². The third kappa shape index (κ3) is 2.98. The lowest BCUT2D eigenvalue weighted by molar-refractivity contribution is -0.143. The van der Waals surface area contributed by atoms with E-state index in [4.69, 9.17) is 9.47 Å². The lowest BCUT2D eigenvalue weighted by Gasteiger charge is -2.28. The molecule has 0 aromatic heterocycles. The van der Waals surface area contributed by atoms with Gasteiger partial charge in [0.15, 0.2) is 11.5 Å². The predicted molar refractivity (Wildman–Crippen MR) is 93.2 cm³/mol. The Hall–Kier alpha value is -3.02. The fraction of sp³-hybridized carbons (Fsp3) is 0.300. The van der Waals surface area contributed by atoms with Crippen molar-refractivity contribution >= 4 is 11.9 Å². The molecule has 6 nitrogen and oxygen atoms in total. The van der Waals surface area contributed by atoms with Crippen LogP contribution in [0, 0.1) is 5.92 Å². The number of rotatable bonds is 3. The maximum Gasteiger partial charge on any atom is 0.308 e. The van der Waals surface area contributed by atoms with Gasteiger partial charge in [0.05, 0.1) is 5.92 Å². The number of aliphatic carboxylic acids is 1. The van der Waals surface area contributed by atoms with Crippen molar-refractivity contribution in [2.45, 2.75) is 12.0 Å². The van der Waals surface area contributed by atoms with Crippen LogP contribution >= 0.6 is 0 Å². The largest absolute Gasteiger partial charge is 0.485 e. The molecule has 0 aliphatic carbocycles. The number of hydrogen-bond acceptors (Lipinski definition) is 4. The third-order valence-electron chi connectivity index (χ3n) is 4.96. The number of hydrogen-bond donors (Lipinski definition) is 1. The molecule has 6 heteroatoms. The Morgan fingerprint density at radius 1 is 0.962 bits per heavy atom. The van der Waals surface area contributed by atoms with E-state index < -0.39 is 18.0 Å². The Balaban J connectivity index is 1.51. The number of para-hydroxylation sites is 2. The lowest BCUT2D eigenvalue weighted by atomic mass is 9.89. The molecule has 2 heterocycles. The zero-order chi connectivity index (χ0) is 18.1. The summed E-state index contributed by atoms with van der Waals surface area (Å²) in [6, 6.07) is 16.7. The summed E-state index contributed by atoms with van der Waals surface area (Å²) >= 11 is 0. The summed E-state index contributed by atoms with van der Waals surface area (Å²) in [6.45, 7) is 0.663. The Bertz CT molecular complexity index is 822. The monoisotopic (exact) mass is 353 g/mol. The highest BCUT2D eigenvalue weighted by Crippen LogP contribution is 2.35. The number of fused-ring (bicyclic) bond motifs is 1. The van der Waals surface area contributed by atoms with Crippen molar-refractivity contribution < 1.29 is 24.2 Å². The van der Waals surface area contributed by atoms with Crippen LogP contribution < -0.4 is 9.47 Å². The molecule has 2 aromatic carbocycles. The van der Waals surface area contributed by atoms with Crippen molar-refractivity contribution in [2.24, 2.45) is 5.92 Å². The minimum absolute atomic E-state index is 0.125. The number of benzene rings is 2. The summed E-state index contributed by atoms with van der Waals surface area (Å²) in [5, 5.41) is 9.59. The second-order valence-electron chi connectivity index (χ2n) is 6.57. The van der Waals surface area contributed by atoms with Crippen LogP contribution in [-0.4, -0.2) is 47.7 Å². The van der Waals surface area contributed by atoms with Gasteiger partial charge in [0.25, 0.3) is 5.91 Å². The van der Waals surface area contributed by atoms with Crippen molar-refractivity contribution in [2.75, 3.05) is 19.7 Å². The summed E-state index contributed by atoms with van der Waals surface area (Å²) in [5.74, 6) is -0.827. The van der Waals surface area contributed by atoms with E-state index in [2.05, 4.69) is 0 Å². The van der Waals surface area contributed by atoms with Crippen LogP contribution in [0.15, 0.2) is 54.6 Å². The zero-order valence-corrected chi connectivity index (χ0v) is 14.1. The number of carboxylic acid groups (broad SMARTS) is 1. The Kier molecular flexibility index (Phi) is 4.24. The second-order valence-corrected chi connectivity index (χ2v) is 6.57. The SMILES string of the molecule is O=C(O)C1CN(C(=O)C2COc3ccccc3O2)CC1c1ccccc1. The molecule has 4 rings (SSSR count). The molecule has 0 spiro atoms. The molecule has 2 aromatic rings. The molecule has 2 aliphatic rings. The van der Waals surface area contributed by atoms with Gasteiger partial charge in [-0.1, -0.05) is 42.5 Å². The van der Waals surface area contributed by atoms with E-state index in [9.17, 15) is 14.7 Å². The number of carboxylic acids is 1. The Morgan fingerprint density at radius 2 is 1.65 bits per heavy atom. The number of nitrogens with zero attached hydrogens (tertiary/aromatic N) is 1. The highest BCUT2D eigenvalue weighted by Gasteiger charge is 2.43. The smallest absolute Gasteiger partial charge is 0.308 e. The van der Waals surface area contributed by atoms with Gasteiger partial charge in [-0.3, -0.25) is 9.59 Å². The highest BCUT2D eigenvalue weighted by atomic mass is 16.6. The van der Waals surface area contributed by atoms with Crippen LogP contribution in [0.2, 0.25) is 0 Å². The number of ether oxygens (including phenoxy) is 2. The van der Waals surface area contributed by atoms with Crippen molar-refractivity contribution in [1.29, 1.82) is 0 Å². The summed E-state index contributed by atoms with van der Waals surface area (Å²) in [5.41, 5.74) is 0.932. The van der Waals surface area contributed by atoms with Crippen molar-refractivity contribution in [1.82, 2.24) is 4.90 Å². The molecule has 26 heavy (non-hydrogen) atoms. The molecule has 0 saturated carbocycles. The first-order valence-corrected chi connectivity index (χ1v) is 8.58. The molecule has 1 amide bonds. The molecule has 0 radical (unpaired) electrons. The van der Waals surface area contributed by atoms with Gasteiger partial charge < -0.3 is 19.5 Å². The predicted octanol–water partition coefficient (Wildman–Crippen LogP) is 2.15. The van der Waals surface area contributed by atoms with Crippen LogP contribution in [0.1, 0.15) is 11.5 Å². The van der Waals surface area contributed by atoms with E-state index in [1.807, 2.05) is 42.5 Å². The average molecular weight is 353 g/mol. The molecular formula is C20H19NO5. The van der Waals surface area contributed by atoms with Crippen molar-refractivity contribution in [3.05, 3.63) is 60.2 Å². The van der Waals surface area contributed by atoms with E-state index in [-0.39, 0.29) is 25.0 Å². The average Bonchev–Trinajstić information content (AvgIpc) is 3.13. The second kappa shape index (κ2) is 6.71. The minimum atomic E-state index is -0.889. The first-order valence-electron chi connectivity index (χ1n) is 8.58. The van der Waals surface area contributed by atoms with E-state index in [0.717, 1.165) is 5.56 Å². The molecule has 3 unspecified atom stereocenters. The van der Waals surface area contributed by atoms with Crippen LogP contribution in [-0.2, 0) is 9.59 Å². The molecule has 1 saturated heterocycles. The van der Waals surface area contributed by atoms with Crippen LogP contribution in [0.25, 0.3) is 0 Å². The van der Waals surface area contributed by atoms with Gasteiger partial charge in [0.1, 0.15) is 6.61 Å². The van der Waals surface area contributed by atoms with Gasteiger partial charge in [-0.05, 0) is 17.7 Å². The molecule has 1 N–H and O–H groups in total. The molecule has 1 fully saturated rings. The maximum atomic E-state index is 12.9. The standard InChI is InChI=1S/C20H19NO5/c22-19(18-12-25-16-8-4-5-9-17(16)26-18)21-10-14(15(11-21)20(23)24)13-6-2-1-3-7-13/h1-9,14-15,18H,10-12H2,(H,23,24). The van der Waals surface area contributed by atoms with Crippen LogP contribution in [0.4, 0.5) is 0 Å². The van der Waals surface area contributed by atoms with Gasteiger partial charge in [0, 0.05) is 19.0 Å². The van der Waals surface area contributed by atoms with Crippen molar-refractivity contribution in [3.8, 4) is 11.5 Å². The summed E-state index contributed by atoms with van der Waals surface area (Å²) < 4.78 is 11.4. The quantitative estimate of drug-likeness (QED) is 0.915. The minimum Gasteiger partial charge on any atom is -0.485 e. The van der Waals surface area contributed by atoms with Gasteiger partial charge in [-0.2, -0.15) is 0 Å². The maximum absolute atomic E-state index is 12.9. The van der Waals surface area contributed by atoms with Crippen molar-refractivity contribution in [3.63, 3.8) is 0 Å². The number of likely N-dealkylation sites (tertiary alicyclic amines) is 1. The van der Waals surface area contributed by atoms with E-state index >= 15 is 0 Å². The van der Waals surface area contributed by atoms with Crippen LogP contribution in [0.3, 0.4) is 0 Å². The summed E-state index contributed by atoms with van der Waals surface area (Å²) in [4.78, 5) is 26.2. The van der Waals surface area contributed by atoms with E-state index in [1.54, 1.807) is 17.0 Å². The van der Waals surface area contributed by atoms with Crippen LogP contribution in [0.5, 0.6) is 11.5 Å². The van der Waals surface area contributed by atoms with E-state index in [1.165, 1.54) is 0 Å². The third-order valence-corrected chi connectivity index (χ3v) is 4.96. The highest BCUT2D eigenvalue weighted by molar-refractivity contribution is 5.84. The van der Waals surface area contributed by atoms with Gasteiger partial charge in [0.2, 0.25) is 6.10 Å². The number of carbonyl (C=O) groups excluding carboxylic acids is 1. The molecular weight excluding hydrogens is 334 g/mol. The van der Waals surface area contributed by atoms with E-state index in [0.29, 0.717) is 18.0 Å². The first kappa shape index (κ1) is 16.4. The Morgan fingerprint density at radius 3 is 2.38 bits per heavy atom. The lowest BCUT2D eigenvalue weighted by Crippen LogP contribution is -2.45. The molecule has 0 bridgehead atoms. The Labute approximate surface area is 151 Å². The number of amides is 1. The van der Waals surface area contributed by atoms with Gasteiger partial charge in [-0.25, -0.2) is 0 Å².